The molecule has 1 aromatic rings. The van der Waals surface area contributed by atoms with E-state index in [4.69, 9.17) is 15.6 Å². The smallest absolute Gasteiger partial charge is 0.304 e. The third-order valence-electron chi connectivity index (χ3n) is 2.15. The summed E-state index contributed by atoms with van der Waals surface area (Å²) < 4.78 is 4.90. The van der Waals surface area contributed by atoms with Crippen LogP contribution in [0.4, 0.5) is 0 Å². The number of nitrogens with zero attached hydrogens (tertiary/aromatic N) is 1. The maximum atomic E-state index is 10.6. The molecule has 1 atom stereocenters. The van der Waals surface area contributed by atoms with Crippen LogP contribution in [-0.2, 0) is 4.79 Å². The molecule has 0 spiro atoms. The monoisotopic (exact) mass is 210 g/mol. The summed E-state index contributed by atoms with van der Waals surface area (Å²) in [6.45, 7) is 0.292. The quantitative estimate of drug-likeness (QED) is 0.743. The Labute approximate surface area is 87.9 Å². The average Bonchev–Trinajstić information content (AvgIpc) is 2.26. The minimum Gasteiger partial charge on any atom is -0.481 e. The summed E-state index contributed by atoms with van der Waals surface area (Å²) in [5.74, 6) is -0.549. The second kappa shape index (κ2) is 5.31. The number of pyridine rings is 1. The van der Waals surface area contributed by atoms with Crippen molar-refractivity contribution in [2.75, 3.05) is 13.7 Å². The van der Waals surface area contributed by atoms with Crippen LogP contribution in [0.1, 0.15) is 17.9 Å². The predicted octanol–water partition coefficient (Wildman–Crippen LogP) is 0.607. The Bertz CT molecular complexity index is 324. The van der Waals surface area contributed by atoms with E-state index in [0.29, 0.717) is 12.4 Å². The van der Waals surface area contributed by atoms with Gasteiger partial charge in [0.05, 0.1) is 13.5 Å². The largest absolute Gasteiger partial charge is 0.481 e. The highest BCUT2D eigenvalue weighted by Crippen LogP contribution is 2.19. The van der Waals surface area contributed by atoms with Gasteiger partial charge in [-0.05, 0) is 12.1 Å². The van der Waals surface area contributed by atoms with Gasteiger partial charge in [-0.25, -0.2) is 4.98 Å². The van der Waals surface area contributed by atoms with Gasteiger partial charge in [0, 0.05) is 18.2 Å². The number of carboxylic acids is 1. The summed E-state index contributed by atoms with van der Waals surface area (Å²) in [4.78, 5) is 14.6. The number of hydrogen-bond acceptors (Lipinski definition) is 4. The average molecular weight is 210 g/mol. The maximum Gasteiger partial charge on any atom is 0.304 e. The third-order valence-corrected chi connectivity index (χ3v) is 2.15. The molecule has 82 valence electrons. The zero-order valence-corrected chi connectivity index (χ0v) is 8.51. The van der Waals surface area contributed by atoms with Crippen molar-refractivity contribution in [3.63, 3.8) is 0 Å². The van der Waals surface area contributed by atoms with Crippen molar-refractivity contribution in [3.05, 3.63) is 23.9 Å². The van der Waals surface area contributed by atoms with Gasteiger partial charge < -0.3 is 15.6 Å². The Hall–Kier alpha value is -1.62. The molecule has 0 radical (unpaired) electrons. The minimum atomic E-state index is -0.860. The molecule has 0 saturated carbocycles. The zero-order valence-electron chi connectivity index (χ0n) is 8.51. The highest BCUT2D eigenvalue weighted by atomic mass is 16.5. The van der Waals surface area contributed by atoms with E-state index >= 15 is 0 Å². The van der Waals surface area contributed by atoms with Crippen LogP contribution >= 0.6 is 0 Å². The first-order valence-corrected chi connectivity index (χ1v) is 4.59. The summed E-state index contributed by atoms with van der Waals surface area (Å²) in [6, 6.07) is 3.48. The van der Waals surface area contributed by atoms with Crippen LogP contribution in [0, 0.1) is 0 Å². The van der Waals surface area contributed by atoms with E-state index in [0.717, 1.165) is 5.56 Å². The molecule has 3 N–H and O–H groups in total. The lowest BCUT2D eigenvalue weighted by atomic mass is 9.98. The van der Waals surface area contributed by atoms with Crippen molar-refractivity contribution < 1.29 is 14.6 Å². The fraction of sp³-hybridized carbons (Fsp3) is 0.400. The molecule has 0 amide bonds. The van der Waals surface area contributed by atoms with Gasteiger partial charge in [-0.15, -0.1) is 0 Å². The predicted molar refractivity (Wildman–Crippen MR) is 54.8 cm³/mol. The van der Waals surface area contributed by atoms with Crippen molar-refractivity contribution >= 4 is 5.97 Å². The van der Waals surface area contributed by atoms with Crippen LogP contribution < -0.4 is 10.5 Å². The van der Waals surface area contributed by atoms with Crippen molar-refractivity contribution in [3.8, 4) is 5.88 Å². The van der Waals surface area contributed by atoms with Gasteiger partial charge in [0.25, 0.3) is 0 Å². The number of carbonyl (C=O) groups is 1. The molecule has 15 heavy (non-hydrogen) atoms. The first-order valence-electron chi connectivity index (χ1n) is 4.59. The maximum absolute atomic E-state index is 10.6. The van der Waals surface area contributed by atoms with Crippen LogP contribution in [0.3, 0.4) is 0 Å². The van der Waals surface area contributed by atoms with E-state index in [1.54, 1.807) is 18.3 Å². The number of carboxylic acid groups (broad SMARTS) is 1. The molecule has 0 fully saturated rings. The first-order chi connectivity index (χ1) is 7.17. The lowest BCUT2D eigenvalue weighted by Crippen LogP contribution is -2.16. The van der Waals surface area contributed by atoms with Gasteiger partial charge in [-0.2, -0.15) is 0 Å². The summed E-state index contributed by atoms with van der Waals surface area (Å²) in [7, 11) is 1.53. The van der Waals surface area contributed by atoms with Crippen LogP contribution in [0.25, 0.3) is 0 Å². The van der Waals surface area contributed by atoms with Crippen molar-refractivity contribution in [1.29, 1.82) is 0 Å². The Balaban J connectivity index is 2.78. The molecule has 1 heterocycles. The number of methoxy groups -OCH3 is 1. The van der Waals surface area contributed by atoms with E-state index in [-0.39, 0.29) is 12.3 Å². The van der Waals surface area contributed by atoms with Gasteiger partial charge in [0.1, 0.15) is 0 Å². The second-order valence-corrected chi connectivity index (χ2v) is 3.16. The Kier molecular flexibility index (Phi) is 4.05. The van der Waals surface area contributed by atoms with Gasteiger partial charge in [0.2, 0.25) is 5.88 Å². The van der Waals surface area contributed by atoms with Crippen molar-refractivity contribution in [2.24, 2.45) is 5.73 Å². The molecule has 1 unspecified atom stereocenters. The topological polar surface area (TPSA) is 85.4 Å². The lowest BCUT2D eigenvalue weighted by Gasteiger charge is -2.12. The number of aromatic nitrogens is 1. The number of nitrogens with two attached hydrogens (primary N) is 1. The SMILES string of the molecule is COc1ccc(C(CN)CC(=O)O)cn1. The molecular weight excluding hydrogens is 196 g/mol. The zero-order chi connectivity index (χ0) is 11.3. The van der Waals surface area contributed by atoms with E-state index in [1.807, 2.05) is 0 Å². The molecule has 0 aromatic carbocycles. The van der Waals surface area contributed by atoms with Crippen LogP contribution in [0.2, 0.25) is 0 Å². The van der Waals surface area contributed by atoms with Crippen LogP contribution in [0.5, 0.6) is 5.88 Å². The summed E-state index contributed by atoms with van der Waals surface area (Å²) in [6.07, 6.45) is 1.61. The molecule has 5 heteroatoms. The molecule has 0 bridgehead atoms. The summed E-state index contributed by atoms with van der Waals surface area (Å²) in [5, 5.41) is 8.68. The summed E-state index contributed by atoms with van der Waals surface area (Å²) >= 11 is 0. The fourth-order valence-electron chi connectivity index (χ4n) is 1.30. The molecule has 0 aliphatic rings. The molecule has 0 aliphatic heterocycles. The highest BCUT2D eigenvalue weighted by Gasteiger charge is 2.14. The second-order valence-electron chi connectivity index (χ2n) is 3.16. The number of aliphatic carboxylic acids is 1. The Morgan fingerprint density at radius 2 is 2.40 bits per heavy atom. The molecular formula is C10H14N2O3. The Morgan fingerprint density at radius 1 is 1.67 bits per heavy atom. The number of ether oxygens (including phenoxy) is 1. The van der Waals surface area contributed by atoms with E-state index < -0.39 is 5.97 Å². The highest BCUT2D eigenvalue weighted by molar-refractivity contribution is 5.68. The molecule has 0 saturated heterocycles. The van der Waals surface area contributed by atoms with E-state index in [9.17, 15) is 4.79 Å². The van der Waals surface area contributed by atoms with Gasteiger partial charge in [-0.1, -0.05) is 6.07 Å². The van der Waals surface area contributed by atoms with E-state index in [1.165, 1.54) is 7.11 Å². The lowest BCUT2D eigenvalue weighted by molar-refractivity contribution is -0.137. The van der Waals surface area contributed by atoms with Crippen LogP contribution in [-0.4, -0.2) is 29.7 Å². The molecule has 0 aliphatic carbocycles. The molecule has 1 aromatic heterocycles. The molecule has 5 nitrogen and oxygen atoms in total. The van der Waals surface area contributed by atoms with E-state index in [2.05, 4.69) is 4.98 Å². The van der Waals surface area contributed by atoms with Gasteiger partial charge in [0.15, 0.2) is 0 Å². The normalized spacial score (nSPS) is 12.1. The number of hydrogen-bond donors (Lipinski definition) is 2. The van der Waals surface area contributed by atoms with Crippen molar-refractivity contribution in [1.82, 2.24) is 4.98 Å². The number of rotatable bonds is 5. The van der Waals surface area contributed by atoms with Gasteiger partial charge in [-0.3, -0.25) is 4.79 Å². The first kappa shape index (κ1) is 11.5. The minimum absolute atomic E-state index is 0.0184. The fourth-order valence-corrected chi connectivity index (χ4v) is 1.30. The summed E-state index contributed by atoms with van der Waals surface area (Å²) in [5.41, 5.74) is 6.32. The molecule has 1 rings (SSSR count). The standard InChI is InChI=1S/C10H14N2O3/c1-15-9-3-2-7(6-12-9)8(5-11)4-10(13)14/h2-3,6,8H,4-5,11H2,1H3,(H,13,14). The van der Waals surface area contributed by atoms with Crippen LogP contribution in [0.15, 0.2) is 18.3 Å². The third kappa shape index (κ3) is 3.21. The Morgan fingerprint density at radius 3 is 2.80 bits per heavy atom. The van der Waals surface area contributed by atoms with Gasteiger partial charge >= 0.3 is 5.97 Å². The van der Waals surface area contributed by atoms with Crippen molar-refractivity contribution in [2.45, 2.75) is 12.3 Å².